The normalized spacial score (nSPS) is 11.4. The molecule has 0 spiro atoms. The first kappa shape index (κ1) is 26.5. The third-order valence-electron chi connectivity index (χ3n) is 6.28. The molecule has 4 rings (SSSR count). The molecule has 0 amide bonds. The van der Waals surface area contributed by atoms with Crippen molar-refractivity contribution in [3.05, 3.63) is 131 Å². The van der Waals surface area contributed by atoms with Gasteiger partial charge >= 0.3 is 0 Å². The van der Waals surface area contributed by atoms with Gasteiger partial charge in [0.05, 0.1) is 11.5 Å². The lowest BCUT2D eigenvalue weighted by Crippen LogP contribution is -2.40. The Morgan fingerprint density at radius 1 is 0.711 bits per heavy atom. The van der Waals surface area contributed by atoms with Crippen molar-refractivity contribution in [2.45, 2.75) is 30.4 Å². The number of ether oxygens (including phenoxy) is 1. The van der Waals surface area contributed by atoms with E-state index in [0.29, 0.717) is 28.3 Å². The molecule has 4 aromatic rings. The van der Waals surface area contributed by atoms with E-state index in [0.717, 1.165) is 5.56 Å². The maximum Gasteiger partial charge on any atom is 0.192 e. The molecule has 4 aromatic carbocycles. The fraction of sp³-hybridized carbons (Fsp3) is 0.129. The summed E-state index contributed by atoms with van der Waals surface area (Å²) in [5.41, 5.74) is 2.61. The average molecular weight is 524 g/mol. The van der Waals surface area contributed by atoms with Crippen molar-refractivity contribution in [2.75, 3.05) is 0 Å². The van der Waals surface area contributed by atoms with Crippen LogP contribution in [0.2, 0.25) is 0 Å². The number of benzene rings is 4. The highest BCUT2D eigenvalue weighted by molar-refractivity contribution is 7.93. The first-order valence-electron chi connectivity index (χ1n) is 11.8. The van der Waals surface area contributed by atoms with Crippen molar-refractivity contribution < 1.29 is 22.7 Å². The highest BCUT2D eigenvalue weighted by Gasteiger charge is 2.43. The molecule has 6 nitrogen and oxygen atoms in total. The summed E-state index contributed by atoms with van der Waals surface area (Å²) in [4.78, 5) is 29.3. The van der Waals surface area contributed by atoms with Crippen LogP contribution in [0, 0.1) is 13.5 Å². The minimum Gasteiger partial charge on any atom is -0.457 e. The van der Waals surface area contributed by atoms with E-state index in [-0.39, 0.29) is 16.2 Å². The van der Waals surface area contributed by atoms with Crippen LogP contribution in [-0.2, 0) is 9.84 Å². The zero-order valence-corrected chi connectivity index (χ0v) is 22.0. The predicted molar refractivity (Wildman–Crippen MR) is 146 cm³/mol. The van der Waals surface area contributed by atoms with Crippen molar-refractivity contribution in [3.8, 4) is 11.5 Å². The Bertz CT molecular complexity index is 1630. The van der Waals surface area contributed by atoms with E-state index in [1.165, 1.54) is 38.1 Å². The molecule has 0 bridgehead atoms. The molecule has 7 heteroatoms. The molecule has 0 radical (unpaired) electrons. The summed E-state index contributed by atoms with van der Waals surface area (Å²) < 4.78 is 30.6. The van der Waals surface area contributed by atoms with Gasteiger partial charge in [0.1, 0.15) is 16.2 Å². The van der Waals surface area contributed by atoms with Crippen molar-refractivity contribution in [1.29, 1.82) is 0 Å². The lowest BCUT2D eigenvalue weighted by molar-refractivity contribution is 0.0953. The van der Waals surface area contributed by atoms with Gasteiger partial charge in [0, 0.05) is 16.7 Å². The molecule has 0 atom stereocenters. The zero-order valence-electron chi connectivity index (χ0n) is 21.1. The van der Waals surface area contributed by atoms with Crippen LogP contribution in [0.15, 0.2) is 102 Å². The number of nitrogens with zero attached hydrogens (tertiary/aromatic N) is 1. The van der Waals surface area contributed by atoms with E-state index in [1.807, 2.05) is 6.92 Å². The quantitative estimate of drug-likeness (QED) is 0.183. The molecule has 0 aromatic heterocycles. The van der Waals surface area contributed by atoms with Crippen LogP contribution in [-0.4, -0.2) is 24.7 Å². The van der Waals surface area contributed by atoms with Gasteiger partial charge in [-0.05, 0) is 81.4 Å². The maximum absolute atomic E-state index is 13.2. The van der Waals surface area contributed by atoms with Gasteiger partial charge in [0.25, 0.3) is 0 Å². The van der Waals surface area contributed by atoms with E-state index >= 15 is 0 Å². The van der Waals surface area contributed by atoms with Crippen molar-refractivity contribution >= 4 is 27.1 Å². The van der Waals surface area contributed by atoms with Crippen LogP contribution < -0.4 is 4.74 Å². The second kappa shape index (κ2) is 10.4. The summed E-state index contributed by atoms with van der Waals surface area (Å²) in [6.07, 6.45) is 0. The smallest absolute Gasteiger partial charge is 0.192 e. The number of carbonyl (C=O) groups excluding carboxylic acids is 2. The molecule has 0 aliphatic carbocycles. The second-order valence-corrected chi connectivity index (χ2v) is 11.8. The summed E-state index contributed by atoms with van der Waals surface area (Å²) in [7, 11) is -3.92. The summed E-state index contributed by atoms with van der Waals surface area (Å²) in [6.45, 7) is 11.7. The van der Waals surface area contributed by atoms with Gasteiger partial charge in [-0.2, -0.15) is 0 Å². The second-order valence-electron chi connectivity index (χ2n) is 9.29. The van der Waals surface area contributed by atoms with Crippen LogP contribution in [0.25, 0.3) is 4.85 Å². The van der Waals surface area contributed by atoms with E-state index in [4.69, 9.17) is 11.3 Å². The van der Waals surface area contributed by atoms with Crippen LogP contribution in [0.1, 0.15) is 45.7 Å². The first-order valence-corrected chi connectivity index (χ1v) is 13.3. The SMILES string of the molecule is [C-]#[N+]c1ccc(C(=O)c2ccc(Oc3ccc(C(=O)C(C)(C)S(=O)(=O)c4ccc(C)cc4)cc3)cc2)cc1. The van der Waals surface area contributed by atoms with Gasteiger partial charge in [0.15, 0.2) is 27.1 Å². The molecule has 190 valence electrons. The van der Waals surface area contributed by atoms with Gasteiger partial charge in [-0.15, -0.1) is 0 Å². The number of Topliss-reactive ketones (excluding diaryl/α,β-unsaturated/α-hetero) is 1. The molecule has 0 N–H and O–H groups in total. The summed E-state index contributed by atoms with van der Waals surface area (Å²) >= 11 is 0. The molecular formula is C31H25NO5S. The van der Waals surface area contributed by atoms with Crippen LogP contribution >= 0.6 is 0 Å². The van der Waals surface area contributed by atoms with E-state index < -0.39 is 20.4 Å². The molecule has 0 aliphatic rings. The Hall–Kier alpha value is -4.54. The Balaban J connectivity index is 1.46. The zero-order chi connectivity index (χ0) is 27.5. The largest absolute Gasteiger partial charge is 0.457 e. The van der Waals surface area contributed by atoms with Gasteiger partial charge < -0.3 is 4.74 Å². The van der Waals surface area contributed by atoms with Crippen LogP contribution in [0.3, 0.4) is 0 Å². The number of hydrogen-bond acceptors (Lipinski definition) is 5. The van der Waals surface area contributed by atoms with Crippen molar-refractivity contribution in [1.82, 2.24) is 0 Å². The minimum absolute atomic E-state index is 0.101. The number of rotatable bonds is 8. The summed E-state index contributed by atoms with van der Waals surface area (Å²) in [6, 6.07) is 25.8. The molecular weight excluding hydrogens is 498 g/mol. The van der Waals surface area contributed by atoms with Gasteiger partial charge in [-0.3, -0.25) is 9.59 Å². The molecule has 0 saturated heterocycles. The number of aryl methyl sites for hydroxylation is 1. The molecule has 0 aliphatic heterocycles. The Morgan fingerprint density at radius 3 is 1.63 bits per heavy atom. The lowest BCUT2D eigenvalue weighted by Gasteiger charge is -2.23. The third kappa shape index (κ3) is 5.26. The van der Waals surface area contributed by atoms with Crippen molar-refractivity contribution in [2.24, 2.45) is 0 Å². The molecule has 0 saturated carbocycles. The topological polar surface area (TPSA) is 81.9 Å². The van der Waals surface area contributed by atoms with Crippen LogP contribution in [0.4, 0.5) is 5.69 Å². The number of ketones is 2. The van der Waals surface area contributed by atoms with E-state index in [9.17, 15) is 18.0 Å². The fourth-order valence-corrected chi connectivity index (χ4v) is 5.27. The molecule has 38 heavy (non-hydrogen) atoms. The number of sulfone groups is 1. The van der Waals surface area contributed by atoms with Gasteiger partial charge in [0.2, 0.25) is 0 Å². The molecule has 0 fully saturated rings. The lowest BCUT2D eigenvalue weighted by atomic mass is 10.0. The first-order chi connectivity index (χ1) is 18.0. The van der Waals surface area contributed by atoms with Gasteiger partial charge in [-0.1, -0.05) is 42.0 Å². The van der Waals surface area contributed by atoms with E-state index in [2.05, 4.69) is 4.85 Å². The Labute approximate surface area is 222 Å². The Morgan fingerprint density at radius 2 is 1.16 bits per heavy atom. The minimum atomic E-state index is -3.92. The highest BCUT2D eigenvalue weighted by atomic mass is 32.2. The molecule has 0 heterocycles. The predicted octanol–water partition coefficient (Wildman–Crippen LogP) is 7.00. The summed E-state index contributed by atoms with van der Waals surface area (Å²) in [5.74, 6) is 0.261. The summed E-state index contributed by atoms with van der Waals surface area (Å²) in [5, 5.41) is 0. The van der Waals surface area contributed by atoms with Gasteiger partial charge in [-0.25, -0.2) is 13.3 Å². The monoisotopic (exact) mass is 523 g/mol. The van der Waals surface area contributed by atoms with Crippen molar-refractivity contribution in [3.63, 3.8) is 0 Å². The number of hydrogen-bond donors (Lipinski definition) is 0. The fourth-order valence-electron chi connectivity index (χ4n) is 3.82. The third-order valence-corrected chi connectivity index (χ3v) is 8.70. The Kier molecular flexibility index (Phi) is 7.29. The highest BCUT2D eigenvalue weighted by Crippen LogP contribution is 2.30. The molecule has 0 unspecified atom stereocenters. The standard InChI is InChI=1S/C31H25NO5S/c1-21-5-19-28(20-6-21)38(35,36)31(2,3)30(34)24-11-17-27(18-12-24)37-26-15-9-23(10-16-26)29(33)22-7-13-25(32-4)14-8-22/h5-20H,1-3H3. The number of carbonyl (C=O) groups is 2. The van der Waals surface area contributed by atoms with Crippen LogP contribution in [0.5, 0.6) is 11.5 Å². The van der Waals surface area contributed by atoms with E-state index in [1.54, 1.807) is 72.8 Å². The average Bonchev–Trinajstić information content (AvgIpc) is 2.93. The maximum atomic E-state index is 13.2.